The van der Waals surface area contributed by atoms with Crippen molar-refractivity contribution in [1.29, 1.82) is 0 Å². The van der Waals surface area contributed by atoms with Crippen LogP contribution in [0.25, 0.3) is 0 Å². The molecule has 234 valence electrons. The third-order valence-corrected chi connectivity index (χ3v) is 9.77. The third kappa shape index (κ3) is 9.37. The Kier molecular flexibility index (Phi) is 12.9. The van der Waals surface area contributed by atoms with Crippen molar-refractivity contribution in [3.05, 3.63) is 35.9 Å². The number of hydrogen-bond donors (Lipinski definition) is 2. The van der Waals surface area contributed by atoms with Crippen LogP contribution < -0.4 is 10.6 Å². The number of carbonyl (C=O) groups excluding carboxylic acids is 3. The Bertz CT molecular complexity index is 1000. The molecule has 4 bridgehead atoms. The molecule has 0 radical (unpaired) electrons. The summed E-state index contributed by atoms with van der Waals surface area (Å²) in [4.78, 5) is 39.4. The fourth-order valence-corrected chi connectivity index (χ4v) is 7.16. The first-order valence-electron chi connectivity index (χ1n) is 16.9. The summed E-state index contributed by atoms with van der Waals surface area (Å²) in [5.41, 5.74) is -0.573. The topological polar surface area (TPSA) is 93.7 Å². The third-order valence-electron chi connectivity index (χ3n) is 9.77. The van der Waals surface area contributed by atoms with Crippen LogP contribution in [0.15, 0.2) is 30.3 Å². The van der Waals surface area contributed by atoms with Gasteiger partial charge in [0.05, 0.1) is 6.04 Å². The van der Waals surface area contributed by atoms with E-state index in [0.29, 0.717) is 36.9 Å². The van der Waals surface area contributed by atoms with Gasteiger partial charge in [0, 0.05) is 36.5 Å². The Morgan fingerprint density at radius 1 is 0.714 bits per heavy atom. The number of ether oxygens (including phenoxy) is 2. The van der Waals surface area contributed by atoms with Gasteiger partial charge in [0.15, 0.2) is 5.60 Å². The summed E-state index contributed by atoms with van der Waals surface area (Å²) in [6.07, 6.45) is 16.7. The van der Waals surface area contributed by atoms with Gasteiger partial charge in [0.1, 0.15) is 6.10 Å². The summed E-state index contributed by atoms with van der Waals surface area (Å²) in [6.45, 7) is 4.13. The minimum Gasteiger partial charge on any atom is -0.461 e. The SMILES string of the molecule is C[C@@H]1N[C@@H]2CCCCCCCC(=O)O[C@@]3(C(=O)c4ccccc4)CC[C@@H](CCCCCCCC(=O)O[C@H]1CC2)N[C@H]3C. The standard InChI is InChI=1S/C35H54N2O5/c1-26-31-23-22-29(36-26)18-12-5-4-8-15-21-33(39)42-35(34(40)28-16-10-9-11-17-28)25-24-30(37-27(35)2)19-13-6-3-7-14-20-32(38)41-31/h9-11,16-17,26-27,29-31,36-37H,3-8,12-15,18-25H2,1-2H3/t26-,27-,29+,30+,31-,35-/m0/s1. The fourth-order valence-electron chi connectivity index (χ4n) is 7.16. The molecule has 1 aromatic rings. The van der Waals surface area contributed by atoms with Crippen LogP contribution in [0.1, 0.15) is 140 Å². The summed E-state index contributed by atoms with van der Waals surface area (Å²) in [5.74, 6) is -0.412. The largest absolute Gasteiger partial charge is 0.461 e. The minimum absolute atomic E-state index is 0.0147. The molecule has 0 saturated carbocycles. The van der Waals surface area contributed by atoms with Gasteiger partial charge in [-0.1, -0.05) is 81.7 Å². The van der Waals surface area contributed by atoms with Gasteiger partial charge in [-0.25, -0.2) is 0 Å². The molecular weight excluding hydrogens is 528 g/mol. The highest BCUT2D eigenvalue weighted by Gasteiger charge is 2.50. The van der Waals surface area contributed by atoms with E-state index in [9.17, 15) is 14.4 Å². The molecule has 6 saturated heterocycles. The van der Waals surface area contributed by atoms with Gasteiger partial charge in [-0.2, -0.15) is 0 Å². The van der Waals surface area contributed by atoms with Gasteiger partial charge in [0.25, 0.3) is 0 Å². The van der Waals surface area contributed by atoms with E-state index in [2.05, 4.69) is 17.6 Å². The van der Waals surface area contributed by atoms with E-state index < -0.39 is 5.60 Å². The zero-order valence-electron chi connectivity index (χ0n) is 26.0. The van der Waals surface area contributed by atoms with Crippen LogP contribution in [0.5, 0.6) is 0 Å². The molecule has 7 nitrogen and oxygen atoms in total. The molecule has 42 heavy (non-hydrogen) atoms. The van der Waals surface area contributed by atoms with Crippen LogP contribution in [0.4, 0.5) is 0 Å². The van der Waals surface area contributed by atoms with Crippen molar-refractivity contribution in [1.82, 2.24) is 10.6 Å². The first-order valence-corrected chi connectivity index (χ1v) is 16.9. The summed E-state index contributed by atoms with van der Waals surface area (Å²) < 4.78 is 12.0. The lowest BCUT2D eigenvalue weighted by atomic mass is 9.77. The molecule has 7 heteroatoms. The average molecular weight is 583 g/mol. The lowest BCUT2D eigenvalue weighted by Crippen LogP contribution is -2.63. The highest BCUT2D eigenvalue weighted by atomic mass is 16.6. The molecule has 0 spiro atoms. The monoisotopic (exact) mass is 582 g/mol. The molecule has 6 heterocycles. The predicted molar refractivity (Wildman–Crippen MR) is 165 cm³/mol. The van der Waals surface area contributed by atoms with Gasteiger partial charge in [0.2, 0.25) is 5.78 Å². The second-order valence-corrected chi connectivity index (χ2v) is 13.1. The smallest absolute Gasteiger partial charge is 0.306 e. The fraction of sp³-hybridized carbons (Fsp3) is 0.743. The van der Waals surface area contributed by atoms with Gasteiger partial charge in [-0.05, 0) is 65.2 Å². The molecular formula is C35H54N2O5. The van der Waals surface area contributed by atoms with E-state index in [1.807, 2.05) is 37.3 Å². The summed E-state index contributed by atoms with van der Waals surface area (Å²) in [5, 5.41) is 7.32. The van der Waals surface area contributed by atoms with E-state index in [1.165, 1.54) is 0 Å². The van der Waals surface area contributed by atoms with E-state index in [1.54, 1.807) is 0 Å². The van der Waals surface area contributed by atoms with Crippen LogP contribution in [0.2, 0.25) is 0 Å². The number of nitrogens with one attached hydrogen (secondary N) is 2. The van der Waals surface area contributed by atoms with Crippen LogP contribution >= 0.6 is 0 Å². The number of esters is 2. The van der Waals surface area contributed by atoms with Crippen LogP contribution in [-0.2, 0) is 19.1 Å². The highest BCUT2D eigenvalue weighted by Crippen LogP contribution is 2.34. The maximum absolute atomic E-state index is 13.8. The zero-order valence-corrected chi connectivity index (χ0v) is 26.0. The lowest BCUT2D eigenvalue weighted by molar-refractivity contribution is -0.160. The molecule has 0 amide bonds. The quantitative estimate of drug-likeness (QED) is 0.292. The Hall–Kier alpha value is -2.25. The molecule has 7 rings (SSSR count). The van der Waals surface area contributed by atoms with Gasteiger partial charge >= 0.3 is 11.9 Å². The Labute approximate surface area is 253 Å². The van der Waals surface area contributed by atoms with Crippen molar-refractivity contribution in [2.45, 2.75) is 165 Å². The van der Waals surface area contributed by atoms with E-state index in [-0.39, 0.29) is 35.9 Å². The molecule has 6 aliphatic rings. The van der Waals surface area contributed by atoms with Crippen molar-refractivity contribution in [3.8, 4) is 0 Å². The predicted octanol–water partition coefficient (Wildman–Crippen LogP) is 6.82. The molecule has 6 aliphatic heterocycles. The number of rotatable bonds is 2. The van der Waals surface area contributed by atoms with Crippen molar-refractivity contribution >= 4 is 17.7 Å². The van der Waals surface area contributed by atoms with E-state index >= 15 is 0 Å². The molecule has 6 atom stereocenters. The van der Waals surface area contributed by atoms with Crippen molar-refractivity contribution in [3.63, 3.8) is 0 Å². The Morgan fingerprint density at radius 3 is 1.95 bits per heavy atom. The highest BCUT2D eigenvalue weighted by molar-refractivity contribution is 6.04. The first kappa shape index (κ1) is 32.7. The number of ketones is 1. The summed E-state index contributed by atoms with van der Waals surface area (Å²) in [7, 11) is 0. The normalized spacial score (nSPS) is 33.4. The maximum Gasteiger partial charge on any atom is 0.306 e. The van der Waals surface area contributed by atoms with E-state index in [0.717, 1.165) is 96.3 Å². The molecule has 0 aromatic heterocycles. The first-order chi connectivity index (χ1) is 20.4. The molecule has 0 unspecified atom stereocenters. The summed E-state index contributed by atoms with van der Waals surface area (Å²) >= 11 is 0. The second kappa shape index (κ2) is 16.6. The summed E-state index contributed by atoms with van der Waals surface area (Å²) in [6, 6.07) is 9.98. The lowest BCUT2D eigenvalue weighted by Gasteiger charge is -2.44. The van der Waals surface area contributed by atoms with Crippen LogP contribution in [-0.4, -0.2) is 53.6 Å². The van der Waals surface area contributed by atoms with Crippen molar-refractivity contribution in [2.75, 3.05) is 0 Å². The van der Waals surface area contributed by atoms with Gasteiger partial charge in [-0.3, -0.25) is 14.4 Å². The van der Waals surface area contributed by atoms with E-state index in [4.69, 9.17) is 9.47 Å². The number of piperidine rings is 2. The molecule has 0 aliphatic carbocycles. The van der Waals surface area contributed by atoms with Crippen molar-refractivity contribution in [2.24, 2.45) is 0 Å². The number of Topliss-reactive ketones (excluding diaryl/α,β-unsaturated/α-hetero) is 1. The second-order valence-electron chi connectivity index (χ2n) is 13.1. The number of benzene rings is 1. The van der Waals surface area contributed by atoms with Crippen LogP contribution in [0.3, 0.4) is 0 Å². The maximum atomic E-state index is 13.8. The Balaban J connectivity index is 1.36. The molecule has 2 N–H and O–H groups in total. The van der Waals surface area contributed by atoms with Gasteiger partial charge < -0.3 is 20.1 Å². The minimum atomic E-state index is -1.17. The average Bonchev–Trinajstić information content (AvgIpc) is 2.98. The van der Waals surface area contributed by atoms with Crippen LogP contribution in [0, 0.1) is 0 Å². The Morgan fingerprint density at radius 2 is 1.31 bits per heavy atom. The van der Waals surface area contributed by atoms with Crippen molar-refractivity contribution < 1.29 is 23.9 Å². The molecule has 6 fully saturated rings. The zero-order chi connectivity index (χ0) is 29.8. The van der Waals surface area contributed by atoms with Gasteiger partial charge in [-0.15, -0.1) is 0 Å². The number of carbonyl (C=O) groups is 3. The number of hydrogen-bond acceptors (Lipinski definition) is 7. The molecule has 1 aromatic carbocycles.